The van der Waals surface area contributed by atoms with Crippen LogP contribution in [0.15, 0.2) is 0 Å². The van der Waals surface area contributed by atoms with E-state index in [0.29, 0.717) is 5.15 Å². The molecule has 14 heavy (non-hydrogen) atoms. The van der Waals surface area contributed by atoms with Crippen molar-refractivity contribution in [1.82, 2.24) is 9.78 Å². The lowest BCUT2D eigenvalue weighted by Gasteiger charge is -2.22. The number of aryl methyl sites for hydroxylation is 2. The van der Waals surface area contributed by atoms with Crippen LogP contribution in [-0.4, -0.2) is 15.3 Å². The molecule has 3 nitrogen and oxygen atoms in total. The van der Waals surface area contributed by atoms with Gasteiger partial charge in [0, 0.05) is 18.2 Å². The highest BCUT2D eigenvalue weighted by atomic mass is 35.5. The Balaban J connectivity index is 2.97. The molecule has 1 aromatic heterocycles. The Hall–Kier alpha value is -0.540. The Labute approximate surface area is 90.2 Å². The van der Waals surface area contributed by atoms with Crippen molar-refractivity contribution in [3.63, 3.8) is 0 Å². The lowest BCUT2D eigenvalue weighted by molar-refractivity contribution is 0.449. The summed E-state index contributed by atoms with van der Waals surface area (Å²) in [6.07, 6.45) is 1.71. The Morgan fingerprint density at radius 2 is 2.14 bits per heavy atom. The molecular formula is C10H18ClN3. The van der Waals surface area contributed by atoms with Crippen molar-refractivity contribution >= 4 is 11.6 Å². The molecule has 0 amide bonds. The smallest absolute Gasteiger partial charge is 0.130 e. The summed E-state index contributed by atoms with van der Waals surface area (Å²) in [5.41, 5.74) is 7.95. The van der Waals surface area contributed by atoms with Gasteiger partial charge < -0.3 is 5.73 Å². The Morgan fingerprint density at radius 1 is 1.57 bits per heavy atom. The van der Waals surface area contributed by atoms with Gasteiger partial charge in [0.2, 0.25) is 0 Å². The van der Waals surface area contributed by atoms with Crippen LogP contribution in [-0.2, 0) is 13.5 Å². The monoisotopic (exact) mass is 215 g/mol. The van der Waals surface area contributed by atoms with Crippen molar-refractivity contribution in [2.45, 2.75) is 39.2 Å². The van der Waals surface area contributed by atoms with Gasteiger partial charge in [0.25, 0.3) is 0 Å². The van der Waals surface area contributed by atoms with Gasteiger partial charge >= 0.3 is 0 Å². The summed E-state index contributed by atoms with van der Waals surface area (Å²) in [5.74, 6) is 0. The second-order valence-corrected chi connectivity index (χ2v) is 4.52. The maximum absolute atomic E-state index is 6.12. The van der Waals surface area contributed by atoms with E-state index in [0.717, 1.165) is 24.1 Å². The fourth-order valence-corrected chi connectivity index (χ4v) is 1.64. The largest absolute Gasteiger partial charge is 0.325 e. The minimum Gasteiger partial charge on any atom is -0.325 e. The molecule has 0 saturated heterocycles. The minimum absolute atomic E-state index is 0.197. The van der Waals surface area contributed by atoms with Gasteiger partial charge in [-0.05, 0) is 26.7 Å². The normalized spacial score (nSPS) is 15.6. The summed E-state index contributed by atoms with van der Waals surface area (Å²) in [6, 6.07) is 0. The predicted molar refractivity (Wildman–Crippen MR) is 59.5 cm³/mol. The van der Waals surface area contributed by atoms with Crippen molar-refractivity contribution < 1.29 is 0 Å². The van der Waals surface area contributed by atoms with Crippen LogP contribution in [0.5, 0.6) is 0 Å². The highest BCUT2D eigenvalue weighted by Gasteiger charge is 2.21. The highest BCUT2D eigenvalue weighted by Crippen LogP contribution is 2.23. The topological polar surface area (TPSA) is 43.8 Å². The van der Waals surface area contributed by atoms with Crippen LogP contribution in [0.4, 0.5) is 0 Å². The van der Waals surface area contributed by atoms with Crippen molar-refractivity contribution in [3.8, 4) is 0 Å². The van der Waals surface area contributed by atoms with E-state index in [9.17, 15) is 0 Å². The predicted octanol–water partition coefficient (Wildman–Crippen LogP) is 2.05. The third-order valence-corrected chi connectivity index (χ3v) is 3.13. The molecule has 0 aliphatic carbocycles. The lowest BCUT2D eigenvalue weighted by atomic mass is 9.92. The first-order valence-electron chi connectivity index (χ1n) is 4.84. The standard InChI is InChI=1S/C10H18ClN3/c1-5-10(3,12)6-8-7(2)13-14(4)9(8)11/h5-6,12H2,1-4H3. The summed E-state index contributed by atoms with van der Waals surface area (Å²) in [4.78, 5) is 0. The van der Waals surface area contributed by atoms with E-state index in [2.05, 4.69) is 12.0 Å². The first-order chi connectivity index (χ1) is 6.37. The minimum atomic E-state index is -0.197. The summed E-state index contributed by atoms with van der Waals surface area (Å²) < 4.78 is 1.69. The van der Waals surface area contributed by atoms with Gasteiger partial charge in [-0.1, -0.05) is 18.5 Å². The molecule has 0 aromatic carbocycles. The van der Waals surface area contributed by atoms with Crippen LogP contribution >= 0.6 is 11.6 Å². The van der Waals surface area contributed by atoms with Crippen molar-refractivity contribution in [2.24, 2.45) is 12.8 Å². The van der Waals surface area contributed by atoms with Gasteiger partial charge in [-0.2, -0.15) is 5.10 Å². The van der Waals surface area contributed by atoms with Gasteiger partial charge in [-0.25, -0.2) is 0 Å². The van der Waals surface area contributed by atoms with E-state index >= 15 is 0 Å². The van der Waals surface area contributed by atoms with Crippen LogP contribution in [0.1, 0.15) is 31.5 Å². The van der Waals surface area contributed by atoms with Crippen molar-refractivity contribution in [2.75, 3.05) is 0 Å². The van der Waals surface area contributed by atoms with Crippen molar-refractivity contribution in [1.29, 1.82) is 0 Å². The van der Waals surface area contributed by atoms with Crippen LogP contribution < -0.4 is 5.73 Å². The average Bonchev–Trinajstić information content (AvgIpc) is 2.32. The van der Waals surface area contributed by atoms with E-state index in [1.54, 1.807) is 4.68 Å². The second kappa shape index (κ2) is 3.91. The number of nitrogens with zero attached hydrogens (tertiary/aromatic N) is 2. The number of hydrogen-bond acceptors (Lipinski definition) is 2. The zero-order chi connectivity index (χ0) is 10.9. The Bertz CT molecular complexity index is 328. The van der Waals surface area contributed by atoms with E-state index in [-0.39, 0.29) is 5.54 Å². The fourth-order valence-electron chi connectivity index (χ4n) is 1.40. The Morgan fingerprint density at radius 3 is 2.50 bits per heavy atom. The number of nitrogens with two attached hydrogens (primary N) is 1. The maximum Gasteiger partial charge on any atom is 0.130 e. The first kappa shape index (κ1) is 11.5. The molecule has 0 spiro atoms. The first-order valence-corrected chi connectivity index (χ1v) is 5.22. The highest BCUT2D eigenvalue weighted by molar-refractivity contribution is 6.30. The molecule has 1 aromatic rings. The van der Waals surface area contributed by atoms with Gasteiger partial charge in [0.15, 0.2) is 0 Å². The molecule has 2 N–H and O–H groups in total. The molecule has 0 radical (unpaired) electrons. The molecule has 1 rings (SSSR count). The molecule has 0 bridgehead atoms. The second-order valence-electron chi connectivity index (χ2n) is 4.16. The molecule has 4 heteroatoms. The average molecular weight is 216 g/mol. The maximum atomic E-state index is 6.12. The fraction of sp³-hybridized carbons (Fsp3) is 0.700. The molecule has 1 atom stereocenters. The van der Waals surface area contributed by atoms with Gasteiger partial charge in [0.05, 0.1) is 5.69 Å². The van der Waals surface area contributed by atoms with Gasteiger partial charge in [0.1, 0.15) is 5.15 Å². The summed E-state index contributed by atoms with van der Waals surface area (Å²) >= 11 is 6.12. The molecule has 0 aliphatic heterocycles. The molecule has 0 aliphatic rings. The molecular weight excluding hydrogens is 198 g/mol. The number of hydrogen-bond donors (Lipinski definition) is 1. The van der Waals surface area contributed by atoms with Crippen LogP contribution in [0.25, 0.3) is 0 Å². The van der Waals surface area contributed by atoms with Crippen LogP contribution in [0.2, 0.25) is 5.15 Å². The summed E-state index contributed by atoms with van der Waals surface area (Å²) in [6.45, 7) is 6.09. The molecule has 0 saturated carbocycles. The van der Waals surface area contributed by atoms with Crippen LogP contribution in [0, 0.1) is 6.92 Å². The zero-order valence-corrected chi connectivity index (χ0v) is 10.0. The van der Waals surface area contributed by atoms with E-state index in [4.69, 9.17) is 17.3 Å². The molecule has 1 unspecified atom stereocenters. The SMILES string of the molecule is CCC(C)(N)Cc1c(C)nn(C)c1Cl. The lowest BCUT2D eigenvalue weighted by Crippen LogP contribution is -2.37. The number of rotatable bonds is 3. The quantitative estimate of drug-likeness (QED) is 0.839. The third kappa shape index (κ3) is 2.28. The summed E-state index contributed by atoms with van der Waals surface area (Å²) in [5, 5.41) is 4.96. The number of halogens is 1. The molecule has 1 heterocycles. The van der Waals surface area contributed by atoms with Crippen molar-refractivity contribution in [3.05, 3.63) is 16.4 Å². The van der Waals surface area contributed by atoms with Crippen LogP contribution in [0.3, 0.4) is 0 Å². The number of aromatic nitrogens is 2. The van der Waals surface area contributed by atoms with E-state index in [1.807, 2.05) is 20.9 Å². The Kier molecular flexibility index (Phi) is 3.22. The van der Waals surface area contributed by atoms with E-state index < -0.39 is 0 Å². The van der Waals surface area contributed by atoms with Gasteiger partial charge in [-0.15, -0.1) is 0 Å². The summed E-state index contributed by atoms with van der Waals surface area (Å²) in [7, 11) is 1.85. The molecule has 0 fully saturated rings. The molecule has 80 valence electrons. The van der Waals surface area contributed by atoms with E-state index in [1.165, 1.54) is 0 Å². The van der Waals surface area contributed by atoms with Gasteiger partial charge in [-0.3, -0.25) is 4.68 Å². The zero-order valence-electron chi connectivity index (χ0n) is 9.26. The third-order valence-electron chi connectivity index (χ3n) is 2.66.